The predicted molar refractivity (Wildman–Crippen MR) is 70.1 cm³/mol. The average Bonchev–Trinajstić information content (AvgIpc) is 2.88. The Balaban J connectivity index is 2.03. The molecule has 2 N–H and O–H groups in total. The molecule has 0 unspecified atom stereocenters. The second-order valence-corrected chi connectivity index (χ2v) is 7.00. The monoisotopic (exact) mass is 235 g/mol. The summed E-state index contributed by atoms with van der Waals surface area (Å²) >= 11 is 1.97. The van der Waals surface area contributed by atoms with Crippen LogP contribution in [0.15, 0.2) is 5.38 Å². The molecule has 1 aromatic rings. The summed E-state index contributed by atoms with van der Waals surface area (Å²) < 4.78 is 0. The molecular formula is C14H21NS. The maximum atomic E-state index is 6.45. The molecule has 1 heterocycles. The predicted octanol–water partition coefficient (Wildman–Crippen LogP) is 3.40. The fourth-order valence-electron chi connectivity index (χ4n) is 3.05. The van der Waals surface area contributed by atoms with Crippen LogP contribution in [0.3, 0.4) is 0 Å². The second kappa shape index (κ2) is 3.33. The summed E-state index contributed by atoms with van der Waals surface area (Å²) in [6.07, 6.45) is 7.72. The van der Waals surface area contributed by atoms with E-state index in [0.29, 0.717) is 0 Å². The lowest BCUT2D eigenvalue weighted by Gasteiger charge is -2.33. The number of hydrogen-bond donors (Lipinski definition) is 1. The molecule has 0 spiro atoms. The van der Waals surface area contributed by atoms with Gasteiger partial charge in [-0.25, -0.2) is 0 Å². The van der Waals surface area contributed by atoms with Crippen LogP contribution in [0.4, 0.5) is 0 Å². The molecule has 2 aliphatic rings. The van der Waals surface area contributed by atoms with Crippen LogP contribution in [-0.4, -0.2) is 5.54 Å². The molecule has 0 bridgehead atoms. The van der Waals surface area contributed by atoms with Crippen molar-refractivity contribution in [3.8, 4) is 0 Å². The van der Waals surface area contributed by atoms with Crippen LogP contribution in [0.5, 0.6) is 0 Å². The Bertz CT molecular complexity index is 412. The Morgan fingerprint density at radius 2 is 1.94 bits per heavy atom. The molecule has 1 nitrogen and oxygen atoms in total. The van der Waals surface area contributed by atoms with Crippen molar-refractivity contribution in [3.63, 3.8) is 0 Å². The maximum Gasteiger partial charge on any atom is 0.0248 e. The van der Waals surface area contributed by atoms with E-state index in [1.165, 1.54) is 38.5 Å². The maximum absolute atomic E-state index is 6.45. The van der Waals surface area contributed by atoms with E-state index >= 15 is 0 Å². The van der Waals surface area contributed by atoms with Crippen LogP contribution in [0, 0.1) is 0 Å². The van der Waals surface area contributed by atoms with Gasteiger partial charge in [0.05, 0.1) is 0 Å². The van der Waals surface area contributed by atoms with E-state index in [1.54, 1.807) is 16.0 Å². The molecule has 16 heavy (non-hydrogen) atoms. The van der Waals surface area contributed by atoms with Crippen molar-refractivity contribution < 1.29 is 0 Å². The average molecular weight is 235 g/mol. The molecule has 2 heteroatoms. The lowest BCUT2D eigenvalue weighted by molar-refractivity contribution is 0.388. The lowest BCUT2D eigenvalue weighted by atomic mass is 9.74. The second-order valence-electron chi connectivity index (χ2n) is 6.04. The van der Waals surface area contributed by atoms with Crippen LogP contribution in [0.2, 0.25) is 0 Å². The molecule has 0 atom stereocenters. The fraction of sp³-hybridized carbons (Fsp3) is 0.714. The van der Waals surface area contributed by atoms with E-state index in [-0.39, 0.29) is 11.0 Å². The third-order valence-electron chi connectivity index (χ3n) is 4.77. The summed E-state index contributed by atoms with van der Waals surface area (Å²) in [6.45, 7) is 4.69. The molecule has 2 aliphatic carbocycles. The van der Waals surface area contributed by atoms with Crippen molar-refractivity contribution in [3.05, 3.63) is 21.4 Å². The van der Waals surface area contributed by atoms with Gasteiger partial charge in [-0.05, 0) is 55.0 Å². The molecule has 1 saturated carbocycles. The minimum absolute atomic E-state index is 0.0826. The summed E-state index contributed by atoms with van der Waals surface area (Å²) in [5.41, 5.74) is 9.92. The summed E-state index contributed by atoms with van der Waals surface area (Å²) in [4.78, 5) is 1.64. The van der Waals surface area contributed by atoms with Crippen LogP contribution in [0.25, 0.3) is 0 Å². The standard InChI is InChI=1S/C14H21NS/c1-13(2,14(15)7-8-14)11-9-16-12-6-4-3-5-10(11)12/h9H,3-8,15H2,1-2H3. The van der Waals surface area contributed by atoms with Crippen molar-refractivity contribution in [2.24, 2.45) is 5.73 Å². The van der Waals surface area contributed by atoms with Crippen molar-refractivity contribution in [1.29, 1.82) is 0 Å². The van der Waals surface area contributed by atoms with Gasteiger partial charge in [0, 0.05) is 15.8 Å². The molecule has 0 amide bonds. The van der Waals surface area contributed by atoms with Crippen LogP contribution < -0.4 is 5.73 Å². The molecule has 0 radical (unpaired) electrons. The van der Waals surface area contributed by atoms with Crippen molar-refractivity contribution in [1.82, 2.24) is 0 Å². The fourth-order valence-corrected chi connectivity index (χ4v) is 4.36. The zero-order chi connectivity index (χ0) is 11.4. The SMILES string of the molecule is CC(C)(c1csc2c1CCCC2)C1(N)CC1. The molecule has 88 valence electrons. The number of fused-ring (bicyclic) bond motifs is 1. The molecule has 1 aromatic heterocycles. The van der Waals surface area contributed by atoms with Gasteiger partial charge in [0.2, 0.25) is 0 Å². The number of thiophene rings is 1. The zero-order valence-corrected chi connectivity index (χ0v) is 11.1. The molecule has 0 aromatic carbocycles. The highest BCUT2D eigenvalue weighted by molar-refractivity contribution is 7.10. The van der Waals surface area contributed by atoms with Gasteiger partial charge in [-0.2, -0.15) is 0 Å². The van der Waals surface area contributed by atoms with E-state index in [4.69, 9.17) is 5.73 Å². The van der Waals surface area contributed by atoms with Gasteiger partial charge >= 0.3 is 0 Å². The summed E-state index contributed by atoms with van der Waals surface area (Å²) in [5.74, 6) is 0. The third kappa shape index (κ3) is 1.39. The van der Waals surface area contributed by atoms with Gasteiger partial charge in [-0.1, -0.05) is 13.8 Å². The minimum Gasteiger partial charge on any atom is -0.324 e. The Kier molecular flexibility index (Phi) is 2.25. The molecule has 1 fully saturated rings. The quantitative estimate of drug-likeness (QED) is 0.835. The van der Waals surface area contributed by atoms with E-state index in [2.05, 4.69) is 19.2 Å². The van der Waals surface area contributed by atoms with Gasteiger partial charge in [-0.15, -0.1) is 11.3 Å². The topological polar surface area (TPSA) is 26.0 Å². The first kappa shape index (κ1) is 10.8. The van der Waals surface area contributed by atoms with E-state index in [1.807, 2.05) is 11.3 Å². The molecule has 0 aliphatic heterocycles. The Hall–Kier alpha value is -0.340. The highest BCUT2D eigenvalue weighted by Gasteiger charge is 2.52. The zero-order valence-electron chi connectivity index (χ0n) is 10.3. The van der Waals surface area contributed by atoms with Crippen molar-refractivity contribution in [2.75, 3.05) is 0 Å². The highest BCUT2D eigenvalue weighted by Crippen LogP contribution is 2.51. The van der Waals surface area contributed by atoms with Gasteiger partial charge < -0.3 is 5.73 Å². The van der Waals surface area contributed by atoms with E-state index in [9.17, 15) is 0 Å². The number of nitrogens with two attached hydrogens (primary N) is 1. The molecule has 3 rings (SSSR count). The summed E-state index contributed by atoms with van der Waals surface area (Å²) in [6, 6.07) is 0. The minimum atomic E-state index is 0.0826. The van der Waals surface area contributed by atoms with Crippen molar-refractivity contribution >= 4 is 11.3 Å². The first-order chi connectivity index (χ1) is 7.55. The summed E-state index contributed by atoms with van der Waals surface area (Å²) in [7, 11) is 0. The van der Waals surface area contributed by atoms with E-state index < -0.39 is 0 Å². The van der Waals surface area contributed by atoms with E-state index in [0.717, 1.165) is 0 Å². The smallest absolute Gasteiger partial charge is 0.0248 e. The number of hydrogen-bond acceptors (Lipinski definition) is 2. The third-order valence-corrected chi connectivity index (χ3v) is 5.86. The van der Waals surface area contributed by atoms with Crippen LogP contribution in [0.1, 0.15) is 55.5 Å². The van der Waals surface area contributed by atoms with Gasteiger partial charge in [0.15, 0.2) is 0 Å². The Labute approximate surface area is 102 Å². The lowest BCUT2D eigenvalue weighted by Crippen LogP contribution is -2.43. The number of aryl methyl sites for hydroxylation is 1. The molecule has 0 saturated heterocycles. The highest BCUT2D eigenvalue weighted by atomic mass is 32.1. The van der Waals surface area contributed by atoms with Crippen LogP contribution in [-0.2, 0) is 18.3 Å². The van der Waals surface area contributed by atoms with Crippen LogP contribution >= 0.6 is 11.3 Å². The Morgan fingerprint density at radius 1 is 1.25 bits per heavy atom. The largest absolute Gasteiger partial charge is 0.324 e. The Morgan fingerprint density at radius 3 is 2.62 bits per heavy atom. The first-order valence-corrected chi connectivity index (χ1v) is 7.31. The van der Waals surface area contributed by atoms with Gasteiger partial charge in [0.1, 0.15) is 0 Å². The first-order valence-electron chi connectivity index (χ1n) is 6.43. The summed E-state index contributed by atoms with van der Waals surface area (Å²) in [5, 5.41) is 2.39. The number of rotatable bonds is 2. The molecular weight excluding hydrogens is 214 g/mol. The normalized spacial score (nSPS) is 22.9. The van der Waals surface area contributed by atoms with Crippen molar-refractivity contribution in [2.45, 2.75) is 63.3 Å². The van der Waals surface area contributed by atoms with Gasteiger partial charge in [0.25, 0.3) is 0 Å². The van der Waals surface area contributed by atoms with Gasteiger partial charge in [-0.3, -0.25) is 0 Å².